The summed E-state index contributed by atoms with van der Waals surface area (Å²) in [4.78, 5) is 10.9. The summed E-state index contributed by atoms with van der Waals surface area (Å²) in [6, 6.07) is 6.65. The molecule has 0 amide bonds. The van der Waals surface area contributed by atoms with Crippen LogP contribution in [0.4, 0.5) is 15.8 Å². The average molecular weight is 263 g/mol. The second-order valence-corrected chi connectivity index (χ2v) is 4.48. The molecule has 1 heterocycles. The fourth-order valence-corrected chi connectivity index (χ4v) is 2.40. The van der Waals surface area contributed by atoms with Gasteiger partial charge in [-0.2, -0.15) is 5.26 Å². The van der Waals surface area contributed by atoms with Gasteiger partial charge in [0.15, 0.2) is 0 Å². The van der Waals surface area contributed by atoms with E-state index >= 15 is 0 Å². The average Bonchev–Trinajstić information content (AvgIpc) is 2.70. The highest BCUT2D eigenvalue weighted by Gasteiger charge is 2.19. The van der Waals surface area contributed by atoms with Crippen LogP contribution in [0.3, 0.4) is 0 Å². The number of nitro groups is 1. The van der Waals surface area contributed by atoms with Crippen molar-refractivity contribution in [3.8, 4) is 16.5 Å². The Bertz CT molecular complexity index is 675. The number of halogens is 1. The molecule has 2 N–H and O–H groups in total. The maximum Gasteiger partial charge on any atom is 0.280 e. The lowest BCUT2D eigenvalue weighted by Crippen LogP contribution is -1.92. The lowest BCUT2D eigenvalue weighted by molar-refractivity contribution is -0.384. The monoisotopic (exact) mass is 263 g/mol. The minimum Gasteiger partial charge on any atom is -0.397 e. The highest BCUT2D eigenvalue weighted by molar-refractivity contribution is 7.16. The van der Waals surface area contributed by atoms with Crippen LogP contribution in [0, 0.1) is 27.3 Å². The van der Waals surface area contributed by atoms with E-state index in [0.717, 1.165) is 23.5 Å². The standard InChI is InChI=1S/C11H6FN3O2S/c12-6-1-2-7(9(3-6)15(16)17)10-4-8(14)11(5-13)18-10/h1-4H,14H2. The molecule has 90 valence electrons. The Kier molecular flexibility index (Phi) is 2.95. The molecule has 1 aromatic heterocycles. The number of rotatable bonds is 2. The first-order chi connectivity index (χ1) is 8.52. The quantitative estimate of drug-likeness (QED) is 0.665. The third-order valence-electron chi connectivity index (χ3n) is 2.28. The molecule has 0 unspecified atom stereocenters. The van der Waals surface area contributed by atoms with Gasteiger partial charge in [-0.15, -0.1) is 11.3 Å². The van der Waals surface area contributed by atoms with Crippen LogP contribution in [0.25, 0.3) is 10.4 Å². The van der Waals surface area contributed by atoms with Crippen LogP contribution >= 0.6 is 11.3 Å². The van der Waals surface area contributed by atoms with E-state index in [-0.39, 0.29) is 21.8 Å². The molecule has 1 aromatic carbocycles. The summed E-state index contributed by atoms with van der Waals surface area (Å²) in [5.74, 6) is -0.685. The van der Waals surface area contributed by atoms with E-state index < -0.39 is 10.7 Å². The normalized spacial score (nSPS) is 10.0. The summed E-state index contributed by atoms with van der Waals surface area (Å²) in [6.45, 7) is 0. The minimum absolute atomic E-state index is 0.250. The molecule has 0 fully saturated rings. The van der Waals surface area contributed by atoms with Gasteiger partial charge in [-0.1, -0.05) is 0 Å². The third-order valence-corrected chi connectivity index (χ3v) is 3.37. The van der Waals surface area contributed by atoms with Crippen molar-refractivity contribution >= 4 is 22.7 Å². The van der Waals surface area contributed by atoms with Crippen LogP contribution in [0.1, 0.15) is 4.88 Å². The number of anilines is 1. The topological polar surface area (TPSA) is 92.9 Å². The maximum atomic E-state index is 13.0. The largest absolute Gasteiger partial charge is 0.397 e. The smallest absolute Gasteiger partial charge is 0.280 e. The van der Waals surface area contributed by atoms with Crippen molar-refractivity contribution in [2.75, 3.05) is 5.73 Å². The Hall–Kier alpha value is -2.46. The number of hydrogen-bond donors (Lipinski definition) is 1. The van der Waals surface area contributed by atoms with Gasteiger partial charge < -0.3 is 5.73 Å². The van der Waals surface area contributed by atoms with Gasteiger partial charge >= 0.3 is 0 Å². The molecule has 0 atom stereocenters. The summed E-state index contributed by atoms with van der Waals surface area (Å²) in [5, 5.41) is 19.6. The molecule has 0 aliphatic carbocycles. The second kappa shape index (κ2) is 4.43. The fourth-order valence-electron chi connectivity index (χ4n) is 1.49. The zero-order valence-electron chi connectivity index (χ0n) is 8.88. The molecule has 5 nitrogen and oxygen atoms in total. The Morgan fingerprint density at radius 2 is 2.17 bits per heavy atom. The van der Waals surface area contributed by atoms with Crippen molar-refractivity contribution in [2.45, 2.75) is 0 Å². The summed E-state index contributed by atoms with van der Waals surface area (Å²) in [7, 11) is 0. The SMILES string of the molecule is N#Cc1sc(-c2ccc(F)cc2[N+](=O)[O-])cc1N. The van der Waals surface area contributed by atoms with E-state index in [0.29, 0.717) is 4.88 Å². The van der Waals surface area contributed by atoms with Gasteiger partial charge in [-0.25, -0.2) is 4.39 Å². The van der Waals surface area contributed by atoms with Gasteiger partial charge in [-0.05, 0) is 18.2 Å². The molecule has 0 saturated carbocycles. The second-order valence-electron chi connectivity index (χ2n) is 3.43. The van der Waals surface area contributed by atoms with Crippen molar-refractivity contribution in [3.05, 3.63) is 45.1 Å². The predicted molar refractivity (Wildman–Crippen MR) is 65.5 cm³/mol. The summed E-state index contributed by atoms with van der Waals surface area (Å²) in [5.41, 5.74) is 5.75. The first-order valence-electron chi connectivity index (χ1n) is 4.76. The van der Waals surface area contributed by atoms with E-state index in [2.05, 4.69) is 0 Å². The van der Waals surface area contributed by atoms with Gasteiger partial charge in [0.25, 0.3) is 5.69 Å². The summed E-state index contributed by atoms with van der Waals surface area (Å²) >= 11 is 1.04. The highest BCUT2D eigenvalue weighted by Crippen LogP contribution is 2.37. The molecule has 0 aliphatic rings. The summed E-state index contributed by atoms with van der Waals surface area (Å²) in [6.07, 6.45) is 0. The number of thiophene rings is 1. The zero-order chi connectivity index (χ0) is 13.3. The van der Waals surface area contributed by atoms with E-state index in [1.165, 1.54) is 12.1 Å². The Labute approximate surface area is 105 Å². The molecular formula is C11H6FN3O2S. The molecule has 2 aromatic rings. The molecule has 0 radical (unpaired) electrons. The predicted octanol–water partition coefficient (Wildman–Crippen LogP) is 2.92. The van der Waals surface area contributed by atoms with Crippen LogP contribution in [-0.4, -0.2) is 4.92 Å². The number of hydrogen-bond acceptors (Lipinski definition) is 5. The van der Waals surface area contributed by atoms with Crippen LogP contribution in [0.2, 0.25) is 0 Å². The number of nitro benzene ring substituents is 1. The van der Waals surface area contributed by atoms with Gasteiger partial charge in [0.1, 0.15) is 16.8 Å². The lowest BCUT2D eigenvalue weighted by atomic mass is 10.1. The molecule has 0 spiro atoms. The van der Waals surface area contributed by atoms with Crippen molar-refractivity contribution in [1.29, 1.82) is 5.26 Å². The van der Waals surface area contributed by atoms with Crippen LogP contribution in [0.5, 0.6) is 0 Å². The van der Waals surface area contributed by atoms with Crippen LogP contribution in [-0.2, 0) is 0 Å². The molecule has 7 heteroatoms. The zero-order valence-corrected chi connectivity index (χ0v) is 9.70. The van der Waals surface area contributed by atoms with Gasteiger partial charge in [-0.3, -0.25) is 10.1 Å². The van der Waals surface area contributed by atoms with E-state index in [1.54, 1.807) is 0 Å². The first-order valence-corrected chi connectivity index (χ1v) is 5.58. The number of nitrogens with two attached hydrogens (primary N) is 1. The molecule has 2 rings (SSSR count). The lowest BCUT2D eigenvalue weighted by Gasteiger charge is -1.99. The number of nitrogens with zero attached hydrogens (tertiary/aromatic N) is 2. The Balaban J connectivity index is 2.63. The van der Waals surface area contributed by atoms with Crippen molar-refractivity contribution in [1.82, 2.24) is 0 Å². The fraction of sp³-hybridized carbons (Fsp3) is 0. The van der Waals surface area contributed by atoms with E-state index in [9.17, 15) is 14.5 Å². The van der Waals surface area contributed by atoms with Gasteiger partial charge in [0.05, 0.1) is 22.2 Å². The molecule has 18 heavy (non-hydrogen) atoms. The summed E-state index contributed by atoms with van der Waals surface area (Å²) < 4.78 is 13.0. The highest BCUT2D eigenvalue weighted by atomic mass is 32.1. The van der Waals surface area contributed by atoms with Crippen molar-refractivity contribution in [2.24, 2.45) is 0 Å². The number of nitriles is 1. The number of benzene rings is 1. The Morgan fingerprint density at radius 3 is 2.72 bits per heavy atom. The van der Waals surface area contributed by atoms with Gasteiger partial charge in [0, 0.05) is 4.88 Å². The number of nitrogen functional groups attached to an aromatic ring is 1. The van der Waals surface area contributed by atoms with Crippen molar-refractivity contribution < 1.29 is 9.31 Å². The molecule has 0 aliphatic heterocycles. The molecule has 0 saturated heterocycles. The van der Waals surface area contributed by atoms with E-state index in [4.69, 9.17) is 11.0 Å². The van der Waals surface area contributed by atoms with Crippen molar-refractivity contribution in [3.63, 3.8) is 0 Å². The molecular weight excluding hydrogens is 257 g/mol. The van der Waals surface area contributed by atoms with Crippen LogP contribution < -0.4 is 5.73 Å². The maximum absolute atomic E-state index is 13.0. The molecule has 0 bridgehead atoms. The Morgan fingerprint density at radius 1 is 1.44 bits per heavy atom. The van der Waals surface area contributed by atoms with Gasteiger partial charge in [0.2, 0.25) is 0 Å². The van der Waals surface area contributed by atoms with E-state index in [1.807, 2.05) is 6.07 Å². The van der Waals surface area contributed by atoms with Crippen LogP contribution in [0.15, 0.2) is 24.3 Å². The first kappa shape index (κ1) is 12.0. The third kappa shape index (κ3) is 2.01. The minimum atomic E-state index is -0.685.